The zero-order chi connectivity index (χ0) is 12.3. The quantitative estimate of drug-likeness (QED) is 0.657. The summed E-state index contributed by atoms with van der Waals surface area (Å²) in [5, 5.41) is 0. The number of amides is 1. The molecule has 3 heteroatoms. The Balaban J connectivity index is 3.00. The molecular formula is C13H16INO. The van der Waals surface area contributed by atoms with Gasteiger partial charge in [0.2, 0.25) is 5.91 Å². The van der Waals surface area contributed by atoms with E-state index >= 15 is 0 Å². The molecule has 0 spiro atoms. The predicted molar refractivity (Wildman–Crippen MR) is 76.3 cm³/mol. The lowest BCUT2D eigenvalue weighted by Gasteiger charge is -2.19. The molecule has 0 saturated carbocycles. The van der Waals surface area contributed by atoms with Crippen LogP contribution in [0.25, 0.3) is 3.58 Å². The van der Waals surface area contributed by atoms with E-state index in [1.165, 1.54) is 11.6 Å². The first-order valence-electron chi connectivity index (χ1n) is 5.08. The summed E-state index contributed by atoms with van der Waals surface area (Å²) in [4.78, 5) is 10.8. The van der Waals surface area contributed by atoms with Crippen molar-refractivity contribution in [1.29, 1.82) is 0 Å². The maximum Gasteiger partial charge on any atom is 0.242 e. The van der Waals surface area contributed by atoms with Crippen molar-refractivity contribution < 1.29 is 4.79 Å². The highest BCUT2D eigenvalue weighted by Crippen LogP contribution is 2.26. The summed E-state index contributed by atoms with van der Waals surface area (Å²) in [5.41, 5.74) is 7.56. The topological polar surface area (TPSA) is 43.1 Å². The summed E-state index contributed by atoms with van der Waals surface area (Å²) in [7, 11) is 0. The van der Waals surface area contributed by atoms with E-state index in [4.69, 9.17) is 5.73 Å². The molecule has 2 nitrogen and oxygen atoms in total. The first-order valence-corrected chi connectivity index (χ1v) is 6.16. The third kappa shape index (κ3) is 3.63. The van der Waals surface area contributed by atoms with Gasteiger partial charge in [0.05, 0.1) is 0 Å². The highest BCUT2D eigenvalue weighted by molar-refractivity contribution is 14.1. The summed E-state index contributed by atoms with van der Waals surface area (Å²) in [6.45, 7) is 6.52. The van der Waals surface area contributed by atoms with Gasteiger partial charge in [-0.25, -0.2) is 0 Å². The number of carbonyl (C=O) groups is 1. The van der Waals surface area contributed by atoms with Crippen LogP contribution in [-0.4, -0.2) is 5.91 Å². The van der Waals surface area contributed by atoms with Crippen molar-refractivity contribution in [2.45, 2.75) is 26.2 Å². The Labute approximate surface area is 110 Å². The van der Waals surface area contributed by atoms with Crippen LogP contribution in [0.2, 0.25) is 0 Å². The number of benzene rings is 1. The molecule has 2 N–H and O–H groups in total. The van der Waals surface area contributed by atoms with Crippen molar-refractivity contribution in [1.82, 2.24) is 0 Å². The minimum Gasteiger partial charge on any atom is -0.366 e. The minimum absolute atomic E-state index is 0.150. The van der Waals surface area contributed by atoms with Gasteiger partial charge in [0.15, 0.2) is 0 Å². The Morgan fingerprint density at radius 2 is 1.75 bits per heavy atom. The van der Waals surface area contributed by atoms with Gasteiger partial charge in [-0.3, -0.25) is 4.79 Å². The number of hydrogen-bond acceptors (Lipinski definition) is 1. The van der Waals surface area contributed by atoms with Crippen molar-refractivity contribution in [2.75, 3.05) is 0 Å². The third-order valence-corrected chi connectivity index (χ3v) is 3.23. The van der Waals surface area contributed by atoms with E-state index in [2.05, 4.69) is 55.5 Å². The van der Waals surface area contributed by atoms with E-state index < -0.39 is 5.91 Å². The molecule has 0 fully saturated rings. The summed E-state index contributed by atoms with van der Waals surface area (Å²) in [6, 6.07) is 8.20. The van der Waals surface area contributed by atoms with Gasteiger partial charge in [0, 0.05) is 9.66 Å². The Morgan fingerprint density at radius 3 is 2.12 bits per heavy atom. The number of nitrogens with two attached hydrogens (primary N) is 1. The first kappa shape index (κ1) is 13.2. The molecule has 16 heavy (non-hydrogen) atoms. The van der Waals surface area contributed by atoms with Crippen LogP contribution in [0.15, 0.2) is 30.3 Å². The van der Waals surface area contributed by atoms with Gasteiger partial charge in [-0.1, -0.05) is 45.0 Å². The number of primary amides is 1. The average Bonchev–Trinajstić information content (AvgIpc) is 2.15. The van der Waals surface area contributed by atoms with Gasteiger partial charge in [0.25, 0.3) is 0 Å². The number of rotatable bonds is 2. The monoisotopic (exact) mass is 329 g/mol. The van der Waals surface area contributed by atoms with E-state index in [0.717, 1.165) is 9.14 Å². The van der Waals surface area contributed by atoms with Crippen LogP contribution in [0, 0.1) is 0 Å². The molecule has 0 aromatic heterocycles. The number of hydrogen-bond donors (Lipinski definition) is 1. The van der Waals surface area contributed by atoms with E-state index in [1.807, 2.05) is 12.1 Å². The highest BCUT2D eigenvalue weighted by Gasteiger charge is 2.13. The molecule has 0 radical (unpaired) electrons. The number of halogens is 1. The fraction of sp³-hybridized carbons (Fsp3) is 0.308. The van der Waals surface area contributed by atoms with Crippen molar-refractivity contribution >= 4 is 32.1 Å². The van der Waals surface area contributed by atoms with Crippen LogP contribution in [0.5, 0.6) is 0 Å². The molecule has 0 aliphatic rings. The van der Waals surface area contributed by atoms with Crippen molar-refractivity contribution in [3.05, 3.63) is 41.5 Å². The van der Waals surface area contributed by atoms with Crippen LogP contribution < -0.4 is 5.73 Å². The second-order valence-corrected chi connectivity index (χ2v) is 5.88. The predicted octanol–water partition coefficient (Wildman–Crippen LogP) is 3.25. The fourth-order valence-electron chi connectivity index (χ4n) is 1.34. The number of carbonyl (C=O) groups excluding carboxylic acids is 1. The average molecular weight is 329 g/mol. The van der Waals surface area contributed by atoms with Crippen molar-refractivity contribution in [3.63, 3.8) is 0 Å². The van der Waals surface area contributed by atoms with Gasteiger partial charge < -0.3 is 5.73 Å². The van der Waals surface area contributed by atoms with Crippen LogP contribution in [0.3, 0.4) is 0 Å². The van der Waals surface area contributed by atoms with Gasteiger partial charge in [0.1, 0.15) is 0 Å². The van der Waals surface area contributed by atoms with Crippen LogP contribution in [-0.2, 0) is 10.2 Å². The molecule has 0 bridgehead atoms. The molecule has 0 aliphatic carbocycles. The third-order valence-electron chi connectivity index (χ3n) is 2.30. The van der Waals surface area contributed by atoms with Gasteiger partial charge in [-0.2, -0.15) is 0 Å². The Hall–Kier alpha value is -0.840. The van der Waals surface area contributed by atoms with Crippen molar-refractivity contribution in [2.24, 2.45) is 5.73 Å². The lowest BCUT2D eigenvalue weighted by Crippen LogP contribution is -2.10. The van der Waals surface area contributed by atoms with Crippen LogP contribution >= 0.6 is 22.6 Å². The molecule has 1 aromatic carbocycles. The van der Waals surface area contributed by atoms with E-state index in [-0.39, 0.29) is 5.41 Å². The summed E-state index contributed by atoms with van der Waals surface area (Å²) in [5.74, 6) is -0.413. The second-order valence-electron chi connectivity index (χ2n) is 4.72. The highest BCUT2D eigenvalue weighted by atomic mass is 127. The first-order chi connectivity index (χ1) is 7.30. The summed E-state index contributed by atoms with van der Waals surface area (Å²) < 4.78 is 0.866. The molecular weight excluding hydrogens is 313 g/mol. The molecule has 0 unspecified atom stereocenters. The van der Waals surface area contributed by atoms with Crippen LogP contribution in [0.1, 0.15) is 31.9 Å². The molecule has 1 rings (SSSR count). The fourth-order valence-corrected chi connectivity index (χ4v) is 2.00. The molecule has 1 amide bonds. The second kappa shape index (κ2) is 4.99. The zero-order valence-corrected chi connectivity index (χ0v) is 11.9. The molecule has 1 aromatic rings. The normalized spacial score (nSPS) is 12.6. The molecule has 0 heterocycles. The van der Waals surface area contributed by atoms with Gasteiger partial charge in [-0.05, 0) is 39.1 Å². The zero-order valence-electron chi connectivity index (χ0n) is 9.75. The molecule has 0 aliphatic heterocycles. The summed E-state index contributed by atoms with van der Waals surface area (Å²) >= 11 is 2.12. The Kier molecular flexibility index (Phi) is 4.13. The Bertz CT molecular complexity index is 413. The largest absolute Gasteiger partial charge is 0.366 e. The maximum absolute atomic E-state index is 10.8. The minimum atomic E-state index is -0.413. The summed E-state index contributed by atoms with van der Waals surface area (Å²) in [6.07, 6.45) is 1.44. The van der Waals surface area contributed by atoms with E-state index in [0.29, 0.717) is 0 Å². The van der Waals surface area contributed by atoms with Gasteiger partial charge >= 0.3 is 0 Å². The van der Waals surface area contributed by atoms with Crippen LogP contribution in [0.4, 0.5) is 0 Å². The lowest BCUT2D eigenvalue weighted by molar-refractivity contribution is -0.113. The molecule has 0 saturated heterocycles. The van der Waals surface area contributed by atoms with E-state index in [9.17, 15) is 4.79 Å². The maximum atomic E-state index is 10.8. The lowest BCUT2D eigenvalue weighted by atomic mass is 9.87. The standard InChI is InChI=1S/C13H16INO/c1-13(2,3)10-6-4-9(5-7-10)11(14)8-12(15)16/h4-8H,1-3H3,(H2,15,16)/b11-8-. The smallest absolute Gasteiger partial charge is 0.242 e. The molecule has 0 atom stereocenters. The molecule has 86 valence electrons. The Morgan fingerprint density at radius 1 is 1.25 bits per heavy atom. The van der Waals surface area contributed by atoms with Crippen molar-refractivity contribution in [3.8, 4) is 0 Å². The SMILES string of the molecule is CC(C)(C)c1ccc(/C(I)=C/C(N)=O)cc1. The van der Waals surface area contributed by atoms with Gasteiger partial charge in [-0.15, -0.1) is 0 Å². The van der Waals surface area contributed by atoms with E-state index in [1.54, 1.807) is 0 Å².